The number of hydrogen-bond acceptors (Lipinski definition) is 6. The van der Waals surface area contributed by atoms with E-state index in [-0.39, 0.29) is 23.4 Å². The number of carbonyl (C=O) groups is 1. The lowest BCUT2D eigenvalue weighted by Gasteiger charge is -2.33. The fourth-order valence-corrected chi connectivity index (χ4v) is 5.42. The number of aryl methyl sites for hydroxylation is 4. The van der Waals surface area contributed by atoms with Crippen LogP contribution >= 0.6 is 0 Å². The van der Waals surface area contributed by atoms with Crippen molar-refractivity contribution in [3.05, 3.63) is 46.3 Å². The van der Waals surface area contributed by atoms with Crippen molar-refractivity contribution < 1.29 is 17.7 Å². The minimum atomic E-state index is -3.64. The molecule has 1 aliphatic heterocycles. The maximum Gasteiger partial charge on any atom is 0.248 e. The SMILES string of the molecule is Cc1ccc(C(C)NC(=O)CN2CCN(S(=O)(=O)c3c(C)noc3C)CC2)cc1C. The van der Waals surface area contributed by atoms with E-state index in [4.69, 9.17) is 4.52 Å². The van der Waals surface area contributed by atoms with Gasteiger partial charge in [0.25, 0.3) is 0 Å². The first-order valence-electron chi connectivity index (χ1n) is 10.1. The number of sulfonamides is 1. The Hall–Kier alpha value is -2.23. The highest BCUT2D eigenvalue weighted by molar-refractivity contribution is 7.89. The number of aromatic nitrogens is 1. The number of carbonyl (C=O) groups excluding carboxylic acids is 1. The average Bonchev–Trinajstić information content (AvgIpc) is 3.03. The summed E-state index contributed by atoms with van der Waals surface area (Å²) in [5, 5.41) is 6.79. The Kier molecular flexibility index (Phi) is 6.64. The highest BCUT2D eigenvalue weighted by atomic mass is 32.2. The van der Waals surface area contributed by atoms with Gasteiger partial charge in [-0.15, -0.1) is 0 Å². The molecule has 1 amide bonds. The lowest BCUT2D eigenvalue weighted by Crippen LogP contribution is -2.51. The lowest BCUT2D eigenvalue weighted by molar-refractivity contribution is -0.123. The van der Waals surface area contributed by atoms with Crippen LogP contribution in [0.5, 0.6) is 0 Å². The van der Waals surface area contributed by atoms with Gasteiger partial charge in [-0.05, 0) is 51.3 Å². The molecule has 2 aromatic rings. The molecule has 0 saturated carbocycles. The molecule has 1 aromatic heterocycles. The number of nitrogens with one attached hydrogen (secondary N) is 1. The molecule has 2 heterocycles. The first kappa shape index (κ1) is 22.5. The summed E-state index contributed by atoms with van der Waals surface area (Å²) in [6, 6.07) is 6.11. The summed E-state index contributed by atoms with van der Waals surface area (Å²) in [5.74, 6) is 0.234. The molecule has 1 aliphatic rings. The van der Waals surface area contributed by atoms with E-state index in [1.54, 1.807) is 13.8 Å². The number of hydrogen-bond donors (Lipinski definition) is 1. The van der Waals surface area contributed by atoms with Crippen molar-refractivity contribution in [2.75, 3.05) is 32.7 Å². The van der Waals surface area contributed by atoms with Crippen LogP contribution in [-0.4, -0.2) is 61.4 Å². The molecule has 0 aliphatic carbocycles. The maximum atomic E-state index is 12.9. The topological polar surface area (TPSA) is 95.8 Å². The van der Waals surface area contributed by atoms with Gasteiger partial charge in [0, 0.05) is 26.2 Å². The third kappa shape index (κ3) is 4.74. The number of piperazine rings is 1. The zero-order chi connectivity index (χ0) is 22.1. The number of amides is 1. The number of benzene rings is 1. The molecule has 3 rings (SSSR count). The van der Waals surface area contributed by atoms with Crippen LogP contribution in [0.2, 0.25) is 0 Å². The Morgan fingerprint density at radius 1 is 1.13 bits per heavy atom. The van der Waals surface area contributed by atoms with Crippen molar-refractivity contribution in [2.24, 2.45) is 0 Å². The van der Waals surface area contributed by atoms with Crippen LogP contribution < -0.4 is 5.32 Å². The largest absolute Gasteiger partial charge is 0.360 e. The van der Waals surface area contributed by atoms with E-state index in [0.717, 1.165) is 5.56 Å². The van der Waals surface area contributed by atoms with Crippen molar-refractivity contribution in [1.29, 1.82) is 0 Å². The van der Waals surface area contributed by atoms with E-state index in [1.807, 2.05) is 17.9 Å². The number of nitrogens with zero attached hydrogens (tertiary/aromatic N) is 3. The van der Waals surface area contributed by atoms with Gasteiger partial charge in [0.05, 0.1) is 12.6 Å². The summed E-state index contributed by atoms with van der Waals surface area (Å²) < 4.78 is 32.3. The minimum absolute atomic E-state index is 0.0669. The Morgan fingerprint density at radius 2 is 1.80 bits per heavy atom. The van der Waals surface area contributed by atoms with Crippen LogP contribution in [0.3, 0.4) is 0 Å². The van der Waals surface area contributed by atoms with Crippen LogP contribution in [0, 0.1) is 27.7 Å². The molecular formula is C21H30N4O4S. The predicted molar refractivity (Wildman–Crippen MR) is 114 cm³/mol. The zero-order valence-corrected chi connectivity index (χ0v) is 19.0. The molecule has 1 fully saturated rings. The summed E-state index contributed by atoms with van der Waals surface area (Å²) in [6.07, 6.45) is 0. The molecule has 164 valence electrons. The van der Waals surface area contributed by atoms with Crippen molar-refractivity contribution in [3.63, 3.8) is 0 Å². The van der Waals surface area contributed by atoms with Gasteiger partial charge in [-0.3, -0.25) is 9.69 Å². The highest BCUT2D eigenvalue weighted by Crippen LogP contribution is 2.24. The lowest BCUT2D eigenvalue weighted by atomic mass is 10.0. The summed E-state index contributed by atoms with van der Waals surface area (Å²) >= 11 is 0. The molecule has 1 N–H and O–H groups in total. The van der Waals surface area contributed by atoms with E-state index in [2.05, 4.69) is 36.5 Å². The quantitative estimate of drug-likeness (QED) is 0.748. The van der Waals surface area contributed by atoms with Crippen molar-refractivity contribution in [2.45, 2.75) is 45.6 Å². The Balaban J connectivity index is 1.54. The fraction of sp³-hybridized carbons (Fsp3) is 0.524. The van der Waals surface area contributed by atoms with Crippen molar-refractivity contribution in [3.8, 4) is 0 Å². The van der Waals surface area contributed by atoms with Gasteiger partial charge in [-0.1, -0.05) is 23.4 Å². The zero-order valence-electron chi connectivity index (χ0n) is 18.2. The molecule has 9 heteroatoms. The second-order valence-corrected chi connectivity index (χ2v) is 9.84. The third-order valence-corrected chi connectivity index (χ3v) is 7.82. The Morgan fingerprint density at radius 3 is 2.37 bits per heavy atom. The van der Waals surface area contributed by atoms with Crippen LogP contribution in [0.4, 0.5) is 0 Å². The molecule has 1 saturated heterocycles. The molecule has 30 heavy (non-hydrogen) atoms. The second-order valence-electron chi connectivity index (χ2n) is 7.97. The minimum Gasteiger partial charge on any atom is -0.360 e. The fourth-order valence-electron chi connectivity index (χ4n) is 3.71. The van der Waals surface area contributed by atoms with Crippen LogP contribution in [-0.2, 0) is 14.8 Å². The monoisotopic (exact) mass is 434 g/mol. The van der Waals surface area contributed by atoms with Crippen LogP contribution in [0.25, 0.3) is 0 Å². The standard InChI is InChI=1S/C21H30N4O4S/c1-14-6-7-19(12-15(14)2)16(3)22-20(26)13-24-8-10-25(11-9-24)30(27,28)21-17(4)23-29-18(21)5/h6-7,12,16H,8-11,13H2,1-5H3,(H,22,26). The van der Waals surface area contributed by atoms with E-state index in [0.29, 0.717) is 37.6 Å². The van der Waals surface area contributed by atoms with E-state index in [1.165, 1.54) is 15.4 Å². The van der Waals surface area contributed by atoms with Crippen LogP contribution in [0.1, 0.15) is 41.1 Å². The summed E-state index contributed by atoms with van der Waals surface area (Å²) in [6.45, 7) is 11.2. The van der Waals surface area contributed by atoms with Crippen LogP contribution in [0.15, 0.2) is 27.6 Å². The normalized spacial score (nSPS) is 17.1. The Labute approximate surface area is 178 Å². The first-order valence-corrected chi connectivity index (χ1v) is 11.6. The van der Waals surface area contributed by atoms with Gasteiger partial charge in [0.1, 0.15) is 10.6 Å². The smallest absolute Gasteiger partial charge is 0.248 e. The van der Waals surface area contributed by atoms with Gasteiger partial charge in [0.2, 0.25) is 15.9 Å². The molecule has 0 bridgehead atoms. The van der Waals surface area contributed by atoms with E-state index < -0.39 is 10.0 Å². The van der Waals surface area contributed by atoms with Gasteiger partial charge in [-0.2, -0.15) is 4.31 Å². The Bertz CT molecular complexity index is 1000. The predicted octanol–water partition coefficient (Wildman–Crippen LogP) is 2.09. The molecule has 1 unspecified atom stereocenters. The molecular weight excluding hydrogens is 404 g/mol. The summed E-state index contributed by atoms with van der Waals surface area (Å²) in [7, 11) is -3.64. The molecule has 8 nitrogen and oxygen atoms in total. The van der Waals surface area contributed by atoms with E-state index >= 15 is 0 Å². The molecule has 0 radical (unpaired) electrons. The van der Waals surface area contributed by atoms with Gasteiger partial charge in [0.15, 0.2) is 5.76 Å². The van der Waals surface area contributed by atoms with Crippen molar-refractivity contribution >= 4 is 15.9 Å². The van der Waals surface area contributed by atoms with E-state index in [9.17, 15) is 13.2 Å². The summed E-state index contributed by atoms with van der Waals surface area (Å²) in [4.78, 5) is 14.6. The van der Waals surface area contributed by atoms with Crippen molar-refractivity contribution in [1.82, 2.24) is 19.7 Å². The average molecular weight is 435 g/mol. The van der Waals surface area contributed by atoms with Gasteiger partial charge in [-0.25, -0.2) is 8.42 Å². The second kappa shape index (κ2) is 8.87. The number of rotatable bonds is 6. The molecule has 1 atom stereocenters. The summed E-state index contributed by atoms with van der Waals surface area (Å²) in [5.41, 5.74) is 3.86. The first-order chi connectivity index (χ1) is 14.1. The molecule has 0 spiro atoms. The van der Waals surface area contributed by atoms with Gasteiger partial charge < -0.3 is 9.84 Å². The van der Waals surface area contributed by atoms with Gasteiger partial charge >= 0.3 is 0 Å². The maximum absolute atomic E-state index is 12.9. The highest BCUT2D eigenvalue weighted by Gasteiger charge is 2.33. The molecule has 1 aromatic carbocycles. The third-order valence-electron chi connectivity index (χ3n) is 5.67.